The van der Waals surface area contributed by atoms with Crippen molar-refractivity contribution < 1.29 is 4.42 Å². The van der Waals surface area contributed by atoms with Crippen LogP contribution < -0.4 is 0 Å². The molecule has 0 saturated heterocycles. The zero-order valence-electron chi connectivity index (χ0n) is 27.7. The molecule has 11 rings (SSSR count). The van der Waals surface area contributed by atoms with Gasteiger partial charge in [-0.05, 0) is 118 Å². The molecule has 1 heterocycles. The highest BCUT2D eigenvalue weighted by Crippen LogP contribution is 2.50. The van der Waals surface area contributed by atoms with E-state index < -0.39 is 0 Å². The van der Waals surface area contributed by atoms with Gasteiger partial charge in [0.25, 0.3) is 0 Å². The molecule has 0 spiro atoms. The molecule has 0 saturated carbocycles. The van der Waals surface area contributed by atoms with Gasteiger partial charge in [-0.15, -0.1) is 0 Å². The summed E-state index contributed by atoms with van der Waals surface area (Å²) in [5.41, 5.74) is 9.68. The summed E-state index contributed by atoms with van der Waals surface area (Å²) in [5, 5.41) is 15.2. The number of fused-ring (bicyclic) bond motifs is 12. The van der Waals surface area contributed by atoms with Crippen LogP contribution in [0, 0.1) is 5.92 Å². The van der Waals surface area contributed by atoms with E-state index in [4.69, 9.17) is 4.42 Å². The lowest BCUT2D eigenvalue weighted by molar-refractivity contribution is 0.669. The maximum Gasteiger partial charge on any atom is 0.136 e. The van der Waals surface area contributed by atoms with Crippen molar-refractivity contribution in [3.63, 3.8) is 0 Å². The van der Waals surface area contributed by atoms with E-state index in [9.17, 15) is 0 Å². The molecule has 50 heavy (non-hydrogen) atoms. The number of benzene rings is 9. The monoisotopic (exact) mass is 636 g/mol. The SMILES string of the molecule is CC1C=Cc2cc(-c3c4ccccc4c(-c4cccc5oc6ccc7ccccc7c6c45)c4ccccc34)c3ccc4ccccc4c3c2C1. The van der Waals surface area contributed by atoms with E-state index in [0.717, 1.165) is 17.6 Å². The average molecular weight is 637 g/mol. The van der Waals surface area contributed by atoms with Crippen LogP contribution >= 0.6 is 0 Å². The van der Waals surface area contributed by atoms with Gasteiger partial charge in [-0.1, -0.05) is 146 Å². The molecule has 1 aliphatic carbocycles. The predicted molar refractivity (Wildman–Crippen MR) is 214 cm³/mol. The van der Waals surface area contributed by atoms with Gasteiger partial charge >= 0.3 is 0 Å². The first-order valence-electron chi connectivity index (χ1n) is 17.7. The van der Waals surface area contributed by atoms with Crippen molar-refractivity contribution in [2.24, 2.45) is 5.92 Å². The van der Waals surface area contributed by atoms with Gasteiger partial charge < -0.3 is 4.42 Å². The molecule has 0 bridgehead atoms. The van der Waals surface area contributed by atoms with E-state index in [2.05, 4.69) is 165 Å². The molecule has 0 amide bonds. The van der Waals surface area contributed by atoms with Crippen LogP contribution in [0.15, 0.2) is 156 Å². The quantitative estimate of drug-likeness (QED) is 0.136. The lowest BCUT2D eigenvalue weighted by Gasteiger charge is -2.24. The first kappa shape index (κ1) is 27.7. The fourth-order valence-corrected chi connectivity index (χ4v) is 9.02. The van der Waals surface area contributed by atoms with Gasteiger partial charge in [0.1, 0.15) is 11.2 Å². The molecular weight excluding hydrogens is 605 g/mol. The fraction of sp³-hybridized carbons (Fsp3) is 0.0612. The Balaban J connectivity index is 1.31. The number of rotatable bonds is 2. The van der Waals surface area contributed by atoms with E-state index in [-0.39, 0.29) is 0 Å². The number of hydrogen-bond acceptors (Lipinski definition) is 1. The van der Waals surface area contributed by atoms with Crippen LogP contribution in [-0.2, 0) is 6.42 Å². The van der Waals surface area contributed by atoms with Crippen molar-refractivity contribution in [1.29, 1.82) is 0 Å². The van der Waals surface area contributed by atoms with Crippen molar-refractivity contribution in [1.82, 2.24) is 0 Å². The summed E-state index contributed by atoms with van der Waals surface area (Å²) in [6.45, 7) is 2.33. The average Bonchev–Trinajstić information content (AvgIpc) is 3.56. The summed E-state index contributed by atoms with van der Waals surface area (Å²) < 4.78 is 6.58. The highest BCUT2D eigenvalue weighted by Gasteiger charge is 2.24. The zero-order chi connectivity index (χ0) is 32.9. The molecule has 10 aromatic rings. The van der Waals surface area contributed by atoms with Crippen molar-refractivity contribution in [3.05, 3.63) is 163 Å². The molecule has 0 aliphatic heterocycles. The first-order chi connectivity index (χ1) is 24.7. The molecule has 1 heteroatoms. The van der Waals surface area contributed by atoms with Gasteiger partial charge in [-0.2, -0.15) is 0 Å². The van der Waals surface area contributed by atoms with Crippen molar-refractivity contribution in [3.8, 4) is 22.3 Å². The Morgan fingerprint density at radius 2 is 1.02 bits per heavy atom. The molecule has 1 aromatic heterocycles. The van der Waals surface area contributed by atoms with Crippen LogP contribution in [0.1, 0.15) is 18.1 Å². The number of furan rings is 1. The Labute approximate surface area is 289 Å². The lowest BCUT2D eigenvalue weighted by Crippen LogP contribution is -2.05. The minimum Gasteiger partial charge on any atom is -0.456 e. The van der Waals surface area contributed by atoms with Crippen LogP contribution in [0.5, 0.6) is 0 Å². The summed E-state index contributed by atoms with van der Waals surface area (Å²) in [4.78, 5) is 0. The second-order valence-corrected chi connectivity index (χ2v) is 14.0. The molecular formula is C49H32O. The van der Waals surface area contributed by atoms with Crippen LogP contribution in [-0.4, -0.2) is 0 Å². The second-order valence-electron chi connectivity index (χ2n) is 14.0. The Hall–Kier alpha value is -6.18. The minimum absolute atomic E-state index is 0.510. The smallest absolute Gasteiger partial charge is 0.136 e. The van der Waals surface area contributed by atoms with Gasteiger partial charge in [0.05, 0.1) is 0 Å². The summed E-state index contributed by atoms with van der Waals surface area (Å²) in [6, 6.07) is 53.6. The third kappa shape index (κ3) is 3.83. The van der Waals surface area contributed by atoms with E-state index in [1.54, 1.807) is 0 Å². The zero-order valence-corrected chi connectivity index (χ0v) is 27.7. The van der Waals surface area contributed by atoms with Crippen molar-refractivity contribution >= 4 is 81.9 Å². The molecule has 0 fully saturated rings. The van der Waals surface area contributed by atoms with Crippen LogP contribution in [0.2, 0.25) is 0 Å². The molecule has 1 atom stereocenters. The minimum atomic E-state index is 0.510. The summed E-state index contributed by atoms with van der Waals surface area (Å²) in [6.07, 6.45) is 5.79. The third-order valence-electron chi connectivity index (χ3n) is 11.2. The maximum atomic E-state index is 6.58. The molecule has 1 nitrogen and oxygen atoms in total. The van der Waals surface area contributed by atoms with Crippen molar-refractivity contribution in [2.45, 2.75) is 13.3 Å². The summed E-state index contributed by atoms with van der Waals surface area (Å²) >= 11 is 0. The highest BCUT2D eigenvalue weighted by molar-refractivity contribution is 6.30. The van der Waals surface area contributed by atoms with Gasteiger partial charge in [-0.25, -0.2) is 0 Å². The van der Waals surface area contributed by atoms with Crippen LogP contribution in [0.3, 0.4) is 0 Å². The summed E-state index contributed by atoms with van der Waals surface area (Å²) in [7, 11) is 0. The van der Waals surface area contributed by atoms with Crippen LogP contribution in [0.4, 0.5) is 0 Å². The van der Waals surface area contributed by atoms with E-state index in [1.165, 1.54) is 98.0 Å². The summed E-state index contributed by atoms with van der Waals surface area (Å²) in [5.74, 6) is 0.510. The highest BCUT2D eigenvalue weighted by atomic mass is 16.3. The Bertz CT molecular complexity index is 3020. The molecule has 1 aliphatic rings. The van der Waals surface area contributed by atoms with Gasteiger partial charge in [0, 0.05) is 10.8 Å². The number of allylic oxidation sites excluding steroid dienone is 1. The Kier molecular flexibility index (Phi) is 5.77. The molecule has 1 unspecified atom stereocenters. The fourth-order valence-electron chi connectivity index (χ4n) is 9.02. The van der Waals surface area contributed by atoms with Gasteiger partial charge in [0.15, 0.2) is 0 Å². The van der Waals surface area contributed by atoms with E-state index in [1.807, 2.05) is 0 Å². The Morgan fingerprint density at radius 3 is 1.70 bits per heavy atom. The Morgan fingerprint density at radius 1 is 0.460 bits per heavy atom. The largest absolute Gasteiger partial charge is 0.456 e. The molecule has 234 valence electrons. The molecule has 0 radical (unpaired) electrons. The lowest BCUT2D eigenvalue weighted by atomic mass is 9.79. The normalized spacial score (nSPS) is 14.5. The first-order valence-corrected chi connectivity index (χ1v) is 17.7. The molecule has 0 N–H and O–H groups in total. The van der Waals surface area contributed by atoms with Crippen molar-refractivity contribution in [2.75, 3.05) is 0 Å². The number of hydrogen-bond donors (Lipinski definition) is 0. The standard InChI is InChI=1S/C49H32O/c1-29-21-22-32-28-42(39-25-23-30-11-2-4-13-33(30)45(39)41(32)27-29)47-37-17-8-6-15-35(37)46(36-16-7-9-18-38(36)47)40-19-10-20-43-49(40)48-34-14-5-3-12-31(34)24-26-44(48)50-43/h2-26,28-29H,27H2,1H3. The van der Waals surface area contributed by atoms with E-state index >= 15 is 0 Å². The second kappa shape index (κ2) is 10.4. The van der Waals surface area contributed by atoms with Gasteiger partial charge in [0.2, 0.25) is 0 Å². The molecule has 9 aromatic carbocycles. The maximum absolute atomic E-state index is 6.58. The topological polar surface area (TPSA) is 13.1 Å². The van der Waals surface area contributed by atoms with E-state index in [0.29, 0.717) is 5.92 Å². The third-order valence-corrected chi connectivity index (χ3v) is 11.2. The van der Waals surface area contributed by atoms with Gasteiger partial charge in [-0.3, -0.25) is 0 Å². The van der Waals surface area contributed by atoms with Crippen LogP contribution in [0.25, 0.3) is 104 Å². The predicted octanol–water partition coefficient (Wildman–Crippen LogP) is 13.9.